The lowest BCUT2D eigenvalue weighted by molar-refractivity contribution is 0.187. The highest BCUT2D eigenvalue weighted by Crippen LogP contribution is 2.18. The molecule has 0 aliphatic carbocycles. The van der Waals surface area contributed by atoms with Gasteiger partial charge in [0, 0.05) is 18.4 Å². The second-order valence-corrected chi connectivity index (χ2v) is 5.77. The number of hydrogen-bond donors (Lipinski definition) is 0. The summed E-state index contributed by atoms with van der Waals surface area (Å²) in [6.45, 7) is 12.9. The smallest absolute Gasteiger partial charge is 0.0227 e. The average molecular weight is 235 g/mol. The summed E-state index contributed by atoms with van der Waals surface area (Å²) in [6.07, 6.45) is 4.96. The first-order chi connectivity index (χ1) is 8.15. The molecule has 1 aliphatic rings. The van der Waals surface area contributed by atoms with Crippen LogP contribution in [-0.2, 0) is 0 Å². The van der Waals surface area contributed by atoms with Gasteiger partial charge in [-0.15, -0.1) is 0 Å². The lowest BCUT2D eigenvalue weighted by atomic mass is 9.95. The van der Waals surface area contributed by atoms with Crippen LogP contribution in [0.1, 0.15) is 53.4 Å². The molecule has 1 rings (SSSR count). The van der Waals surface area contributed by atoms with Gasteiger partial charge in [-0.25, -0.2) is 0 Å². The Kier molecular flexibility index (Phi) is 6.66. The van der Waals surface area contributed by atoms with E-state index in [0.717, 1.165) is 5.92 Å². The van der Waals surface area contributed by atoms with Gasteiger partial charge in [0.25, 0.3) is 0 Å². The van der Waals surface area contributed by atoms with Crippen LogP contribution in [0, 0.1) is 29.6 Å². The SMILES string of the molecule is CCC(C#CC1CCN(CC(C)C)CC1)CC. The zero-order valence-corrected chi connectivity index (χ0v) is 12.1. The third-order valence-corrected chi connectivity index (χ3v) is 3.69. The van der Waals surface area contributed by atoms with E-state index in [1.165, 1.54) is 45.3 Å². The summed E-state index contributed by atoms with van der Waals surface area (Å²) in [5.41, 5.74) is 0. The molecule has 0 amide bonds. The highest BCUT2D eigenvalue weighted by Gasteiger charge is 2.17. The minimum absolute atomic E-state index is 0.628. The molecule has 1 nitrogen and oxygen atoms in total. The van der Waals surface area contributed by atoms with Crippen molar-refractivity contribution in [3.05, 3.63) is 0 Å². The van der Waals surface area contributed by atoms with Gasteiger partial charge in [-0.2, -0.15) is 0 Å². The first kappa shape index (κ1) is 14.6. The molecule has 0 unspecified atom stereocenters. The molecule has 0 bridgehead atoms. The Morgan fingerprint density at radius 3 is 2.18 bits per heavy atom. The van der Waals surface area contributed by atoms with Crippen molar-refractivity contribution in [2.45, 2.75) is 53.4 Å². The fraction of sp³-hybridized carbons (Fsp3) is 0.875. The summed E-state index contributed by atoms with van der Waals surface area (Å²) in [4.78, 5) is 2.60. The topological polar surface area (TPSA) is 3.24 Å². The molecular weight excluding hydrogens is 206 g/mol. The maximum Gasteiger partial charge on any atom is 0.0227 e. The Bertz CT molecular complexity index is 246. The lowest BCUT2D eigenvalue weighted by Gasteiger charge is -2.30. The van der Waals surface area contributed by atoms with Gasteiger partial charge in [-0.1, -0.05) is 39.5 Å². The van der Waals surface area contributed by atoms with E-state index < -0.39 is 0 Å². The standard InChI is InChI=1S/C16H29N/c1-5-15(6-2)7-8-16-9-11-17(12-10-16)13-14(3)4/h14-16H,5-6,9-13H2,1-4H3. The van der Waals surface area contributed by atoms with E-state index in [1.54, 1.807) is 0 Å². The highest BCUT2D eigenvalue weighted by atomic mass is 15.1. The molecule has 0 saturated carbocycles. The van der Waals surface area contributed by atoms with Gasteiger partial charge in [-0.05, 0) is 44.7 Å². The monoisotopic (exact) mass is 235 g/mol. The number of likely N-dealkylation sites (tertiary alicyclic amines) is 1. The van der Waals surface area contributed by atoms with Crippen molar-refractivity contribution >= 4 is 0 Å². The molecule has 1 saturated heterocycles. The van der Waals surface area contributed by atoms with Crippen LogP contribution >= 0.6 is 0 Å². The molecule has 0 radical (unpaired) electrons. The molecule has 0 N–H and O–H groups in total. The van der Waals surface area contributed by atoms with Gasteiger partial charge in [0.05, 0.1) is 0 Å². The number of hydrogen-bond acceptors (Lipinski definition) is 1. The van der Waals surface area contributed by atoms with E-state index in [1.807, 2.05) is 0 Å². The van der Waals surface area contributed by atoms with Crippen LogP contribution in [0.25, 0.3) is 0 Å². The Morgan fingerprint density at radius 2 is 1.71 bits per heavy atom. The quantitative estimate of drug-likeness (QED) is 0.670. The van der Waals surface area contributed by atoms with E-state index in [4.69, 9.17) is 0 Å². The van der Waals surface area contributed by atoms with Crippen LogP contribution < -0.4 is 0 Å². The fourth-order valence-electron chi connectivity index (χ4n) is 2.50. The molecule has 17 heavy (non-hydrogen) atoms. The van der Waals surface area contributed by atoms with Crippen molar-refractivity contribution < 1.29 is 0 Å². The van der Waals surface area contributed by atoms with Gasteiger partial charge in [0.1, 0.15) is 0 Å². The largest absolute Gasteiger partial charge is 0.303 e. The molecule has 0 aromatic rings. The summed E-state index contributed by atoms with van der Waals surface area (Å²) in [7, 11) is 0. The minimum Gasteiger partial charge on any atom is -0.303 e. The van der Waals surface area contributed by atoms with E-state index in [-0.39, 0.29) is 0 Å². The summed E-state index contributed by atoms with van der Waals surface area (Å²) in [6, 6.07) is 0. The van der Waals surface area contributed by atoms with Crippen LogP contribution in [0.3, 0.4) is 0 Å². The first-order valence-electron chi connectivity index (χ1n) is 7.39. The maximum atomic E-state index is 3.52. The van der Waals surface area contributed by atoms with Crippen molar-refractivity contribution in [1.29, 1.82) is 0 Å². The van der Waals surface area contributed by atoms with E-state index in [0.29, 0.717) is 11.8 Å². The Hall–Kier alpha value is -0.480. The van der Waals surface area contributed by atoms with Crippen LogP contribution in [-0.4, -0.2) is 24.5 Å². The Labute approximate surface area is 108 Å². The molecule has 1 aliphatic heterocycles. The van der Waals surface area contributed by atoms with Gasteiger partial charge in [0.2, 0.25) is 0 Å². The van der Waals surface area contributed by atoms with Gasteiger partial charge in [0.15, 0.2) is 0 Å². The molecule has 0 aromatic heterocycles. The normalized spacial score (nSPS) is 18.5. The summed E-state index contributed by atoms with van der Waals surface area (Å²) < 4.78 is 0. The second-order valence-electron chi connectivity index (χ2n) is 5.77. The van der Waals surface area contributed by atoms with E-state index >= 15 is 0 Å². The third kappa shape index (κ3) is 5.59. The van der Waals surface area contributed by atoms with Crippen molar-refractivity contribution in [2.24, 2.45) is 17.8 Å². The molecule has 98 valence electrons. The predicted octanol–water partition coefficient (Wildman–Crippen LogP) is 3.79. The second kappa shape index (κ2) is 7.77. The molecule has 0 atom stereocenters. The summed E-state index contributed by atoms with van der Waals surface area (Å²) in [5.74, 6) is 9.08. The van der Waals surface area contributed by atoms with Crippen molar-refractivity contribution in [3.63, 3.8) is 0 Å². The average Bonchev–Trinajstić information content (AvgIpc) is 2.32. The van der Waals surface area contributed by atoms with Gasteiger partial charge in [-0.3, -0.25) is 0 Å². The number of nitrogens with zero attached hydrogens (tertiary/aromatic N) is 1. The fourth-order valence-corrected chi connectivity index (χ4v) is 2.50. The Balaban J connectivity index is 2.31. The maximum absolute atomic E-state index is 3.52. The van der Waals surface area contributed by atoms with Crippen molar-refractivity contribution in [2.75, 3.05) is 19.6 Å². The Morgan fingerprint density at radius 1 is 1.12 bits per heavy atom. The lowest BCUT2D eigenvalue weighted by Crippen LogP contribution is -2.35. The van der Waals surface area contributed by atoms with Crippen LogP contribution in [0.2, 0.25) is 0 Å². The number of rotatable bonds is 4. The third-order valence-electron chi connectivity index (χ3n) is 3.69. The van der Waals surface area contributed by atoms with E-state index in [9.17, 15) is 0 Å². The summed E-state index contributed by atoms with van der Waals surface area (Å²) >= 11 is 0. The minimum atomic E-state index is 0.628. The zero-order chi connectivity index (χ0) is 12.7. The molecule has 1 heterocycles. The molecule has 1 fully saturated rings. The molecule has 0 aromatic carbocycles. The predicted molar refractivity (Wildman–Crippen MR) is 75.9 cm³/mol. The molecule has 1 heteroatoms. The first-order valence-corrected chi connectivity index (χ1v) is 7.39. The molecular formula is C16H29N. The zero-order valence-electron chi connectivity index (χ0n) is 12.1. The molecule has 0 spiro atoms. The van der Waals surface area contributed by atoms with Crippen LogP contribution in [0.15, 0.2) is 0 Å². The van der Waals surface area contributed by atoms with Gasteiger partial charge >= 0.3 is 0 Å². The van der Waals surface area contributed by atoms with Crippen molar-refractivity contribution in [1.82, 2.24) is 4.90 Å². The van der Waals surface area contributed by atoms with E-state index in [2.05, 4.69) is 44.4 Å². The number of piperidine rings is 1. The van der Waals surface area contributed by atoms with Crippen LogP contribution in [0.4, 0.5) is 0 Å². The summed E-state index contributed by atoms with van der Waals surface area (Å²) in [5, 5.41) is 0. The van der Waals surface area contributed by atoms with Crippen molar-refractivity contribution in [3.8, 4) is 11.8 Å². The highest BCUT2D eigenvalue weighted by molar-refractivity contribution is 5.08. The van der Waals surface area contributed by atoms with Crippen LogP contribution in [0.5, 0.6) is 0 Å². The van der Waals surface area contributed by atoms with Gasteiger partial charge < -0.3 is 4.90 Å².